The van der Waals surface area contributed by atoms with Gasteiger partial charge in [-0.15, -0.1) is 11.3 Å². The number of aryl methyl sites for hydroxylation is 2. The van der Waals surface area contributed by atoms with Crippen molar-refractivity contribution in [2.75, 3.05) is 18.5 Å². The first kappa shape index (κ1) is 16.6. The lowest BCUT2D eigenvalue weighted by Crippen LogP contribution is -2.15. The molecule has 0 fully saturated rings. The number of rotatable bonds is 3. The number of amides is 1. The number of aromatic nitrogens is 1. The second-order valence-corrected chi connectivity index (χ2v) is 7.08. The van der Waals surface area contributed by atoms with Gasteiger partial charge in [0.2, 0.25) is 0 Å². The summed E-state index contributed by atoms with van der Waals surface area (Å²) < 4.78 is 11.2. The molecule has 0 spiro atoms. The van der Waals surface area contributed by atoms with Crippen LogP contribution in [0.15, 0.2) is 41.8 Å². The number of fused-ring (bicyclic) bond motifs is 1. The molecule has 0 saturated carbocycles. The van der Waals surface area contributed by atoms with E-state index in [9.17, 15) is 4.79 Å². The highest BCUT2D eigenvalue weighted by Gasteiger charge is 2.15. The molecule has 26 heavy (non-hydrogen) atoms. The van der Waals surface area contributed by atoms with Crippen molar-refractivity contribution < 1.29 is 14.3 Å². The van der Waals surface area contributed by atoms with Crippen LogP contribution < -0.4 is 14.8 Å². The molecule has 1 N–H and O–H groups in total. The Bertz CT molecular complexity index is 961. The molecule has 0 radical (unpaired) electrons. The molecule has 5 nitrogen and oxygen atoms in total. The lowest BCUT2D eigenvalue weighted by molar-refractivity contribution is 0.102. The Morgan fingerprint density at radius 2 is 1.77 bits per heavy atom. The Morgan fingerprint density at radius 1 is 1.04 bits per heavy atom. The van der Waals surface area contributed by atoms with Gasteiger partial charge < -0.3 is 9.47 Å². The first-order valence-electron chi connectivity index (χ1n) is 8.34. The van der Waals surface area contributed by atoms with Crippen LogP contribution in [-0.2, 0) is 0 Å². The Morgan fingerprint density at radius 3 is 2.54 bits per heavy atom. The fraction of sp³-hybridized carbons (Fsp3) is 0.200. The number of benzene rings is 2. The third-order valence-electron chi connectivity index (χ3n) is 4.05. The fourth-order valence-electron chi connectivity index (χ4n) is 2.94. The minimum atomic E-state index is -0.153. The van der Waals surface area contributed by atoms with Gasteiger partial charge in [-0.1, -0.05) is 17.2 Å². The Kier molecular flexibility index (Phi) is 4.34. The van der Waals surface area contributed by atoms with Gasteiger partial charge in [-0.05, 0) is 44.2 Å². The summed E-state index contributed by atoms with van der Waals surface area (Å²) in [7, 11) is 0. The highest BCUT2D eigenvalue weighted by molar-refractivity contribution is 7.14. The van der Waals surface area contributed by atoms with E-state index in [0.29, 0.717) is 23.9 Å². The molecule has 0 saturated heterocycles. The van der Waals surface area contributed by atoms with Gasteiger partial charge in [0.1, 0.15) is 13.2 Å². The van der Waals surface area contributed by atoms with Gasteiger partial charge in [0.05, 0.1) is 5.69 Å². The standard InChI is InChI=1S/C20H18N2O3S/c1-12-7-13(2)9-15(8-12)19(23)22-20-21-16(11-26-20)14-3-4-17-18(10-14)25-6-5-24-17/h3-4,7-11H,5-6H2,1-2H3,(H,21,22,23). The number of anilines is 1. The fourth-order valence-corrected chi connectivity index (χ4v) is 3.66. The van der Waals surface area contributed by atoms with Crippen LogP contribution in [0.1, 0.15) is 21.5 Å². The van der Waals surface area contributed by atoms with E-state index in [1.807, 2.05) is 55.6 Å². The average molecular weight is 366 g/mol. The first-order valence-corrected chi connectivity index (χ1v) is 9.22. The predicted molar refractivity (Wildman–Crippen MR) is 102 cm³/mol. The third kappa shape index (κ3) is 3.41. The number of nitrogens with one attached hydrogen (secondary N) is 1. The zero-order valence-corrected chi connectivity index (χ0v) is 15.4. The minimum absolute atomic E-state index is 0.153. The highest BCUT2D eigenvalue weighted by atomic mass is 32.1. The number of hydrogen-bond acceptors (Lipinski definition) is 5. The van der Waals surface area contributed by atoms with Crippen LogP contribution in [0.2, 0.25) is 0 Å². The largest absolute Gasteiger partial charge is 0.486 e. The molecule has 1 aliphatic heterocycles. The summed E-state index contributed by atoms with van der Waals surface area (Å²) in [5, 5.41) is 5.37. The first-order chi connectivity index (χ1) is 12.6. The molecule has 0 unspecified atom stereocenters. The summed E-state index contributed by atoms with van der Waals surface area (Å²) in [6.07, 6.45) is 0. The number of hydrogen-bond donors (Lipinski definition) is 1. The van der Waals surface area contributed by atoms with Crippen molar-refractivity contribution in [1.29, 1.82) is 0 Å². The summed E-state index contributed by atoms with van der Waals surface area (Å²) >= 11 is 1.40. The van der Waals surface area contributed by atoms with Gasteiger partial charge in [-0.3, -0.25) is 10.1 Å². The molecule has 6 heteroatoms. The maximum Gasteiger partial charge on any atom is 0.257 e. The average Bonchev–Trinajstić information content (AvgIpc) is 3.09. The minimum Gasteiger partial charge on any atom is -0.486 e. The van der Waals surface area contributed by atoms with Crippen molar-refractivity contribution in [1.82, 2.24) is 4.98 Å². The Labute approximate surface area is 155 Å². The van der Waals surface area contributed by atoms with Crippen LogP contribution in [-0.4, -0.2) is 24.1 Å². The van der Waals surface area contributed by atoms with Crippen molar-refractivity contribution in [2.45, 2.75) is 13.8 Å². The smallest absolute Gasteiger partial charge is 0.257 e. The summed E-state index contributed by atoms with van der Waals surface area (Å²) in [4.78, 5) is 17.0. The van der Waals surface area contributed by atoms with Crippen molar-refractivity contribution in [3.05, 3.63) is 58.5 Å². The summed E-state index contributed by atoms with van der Waals surface area (Å²) in [5.41, 5.74) is 4.48. The van der Waals surface area contributed by atoms with E-state index in [-0.39, 0.29) is 5.91 Å². The van der Waals surface area contributed by atoms with Crippen molar-refractivity contribution in [2.24, 2.45) is 0 Å². The van der Waals surface area contributed by atoms with E-state index in [0.717, 1.165) is 33.9 Å². The van der Waals surface area contributed by atoms with Crippen LogP contribution in [0, 0.1) is 13.8 Å². The lowest BCUT2D eigenvalue weighted by atomic mass is 10.1. The van der Waals surface area contributed by atoms with Crippen LogP contribution in [0.5, 0.6) is 11.5 Å². The molecular formula is C20H18N2O3S. The molecule has 1 amide bonds. The van der Waals surface area contributed by atoms with E-state index >= 15 is 0 Å². The SMILES string of the molecule is Cc1cc(C)cc(C(=O)Nc2nc(-c3ccc4c(c3)OCCO4)cs2)c1. The van der Waals surface area contributed by atoms with Gasteiger partial charge in [0.25, 0.3) is 5.91 Å². The predicted octanol–water partition coefficient (Wildman–Crippen LogP) is 4.45. The summed E-state index contributed by atoms with van der Waals surface area (Å²) in [6.45, 7) is 5.07. The van der Waals surface area contributed by atoms with E-state index in [1.165, 1.54) is 11.3 Å². The van der Waals surface area contributed by atoms with Crippen molar-refractivity contribution in [3.8, 4) is 22.8 Å². The van der Waals surface area contributed by atoms with E-state index in [1.54, 1.807) is 0 Å². The van der Waals surface area contributed by atoms with Crippen molar-refractivity contribution in [3.63, 3.8) is 0 Å². The molecule has 3 aromatic rings. The molecule has 1 aliphatic rings. The second-order valence-electron chi connectivity index (χ2n) is 6.23. The van der Waals surface area contributed by atoms with E-state index in [2.05, 4.69) is 10.3 Å². The van der Waals surface area contributed by atoms with Crippen LogP contribution in [0.3, 0.4) is 0 Å². The second kappa shape index (κ2) is 6.80. The molecule has 132 valence electrons. The molecule has 1 aromatic heterocycles. The maximum absolute atomic E-state index is 12.5. The van der Waals surface area contributed by atoms with E-state index in [4.69, 9.17) is 9.47 Å². The molecule has 2 heterocycles. The third-order valence-corrected chi connectivity index (χ3v) is 4.80. The number of carbonyl (C=O) groups excluding carboxylic acids is 1. The monoisotopic (exact) mass is 366 g/mol. The molecule has 2 aromatic carbocycles. The number of nitrogens with zero attached hydrogens (tertiary/aromatic N) is 1. The number of thiazole rings is 1. The van der Waals surface area contributed by atoms with Crippen LogP contribution >= 0.6 is 11.3 Å². The quantitative estimate of drug-likeness (QED) is 0.744. The van der Waals surface area contributed by atoms with E-state index < -0.39 is 0 Å². The summed E-state index contributed by atoms with van der Waals surface area (Å²) in [6, 6.07) is 11.5. The Hall–Kier alpha value is -2.86. The topological polar surface area (TPSA) is 60.5 Å². The van der Waals surface area contributed by atoms with Gasteiger partial charge in [-0.25, -0.2) is 4.98 Å². The lowest BCUT2D eigenvalue weighted by Gasteiger charge is -2.18. The zero-order valence-electron chi connectivity index (χ0n) is 14.5. The zero-order chi connectivity index (χ0) is 18.1. The van der Waals surface area contributed by atoms with Gasteiger partial charge in [0, 0.05) is 16.5 Å². The van der Waals surface area contributed by atoms with Gasteiger partial charge in [0.15, 0.2) is 16.6 Å². The van der Waals surface area contributed by atoms with Crippen LogP contribution in [0.25, 0.3) is 11.3 Å². The highest BCUT2D eigenvalue weighted by Crippen LogP contribution is 2.35. The van der Waals surface area contributed by atoms with Gasteiger partial charge >= 0.3 is 0 Å². The summed E-state index contributed by atoms with van der Waals surface area (Å²) in [5.74, 6) is 1.32. The Balaban J connectivity index is 1.53. The molecular weight excluding hydrogens is 348 g/mol. The number of carbonyl (C=O) groups is 1. The molecule has 4 rings (SSSR count). The normalized spacial score (nSPS) is 12.7. The van der Waals surface area contributed by atoms with Crippen molar-refractivity contribution >= 4 is 22.4 Å². The molecule has 0 atom stereocenters. The maximum atomic E-state index is 12.5. The van der Waals surface area contributed by atoms with Crippen LogP contribution in [0.4, 0.5) is 5.13 Å². The molecule has 0 bridgehead atoms. The number of ether oxygens (including phenoxy) is 2. The molecule has 0 aliphatic carbocycles. The van der Waals surface area contributed by atoms with Gasteiger partial charge in [-0.2, -0.15) is 0 Å².